The fourth-order valence-corrected chi connectivity index (χ4v) is 2.63. The third-order valence-corrected chi connectivity index (χ3v) is 3.67. The molecule has 0 radical (unpaired) electrons. The highest BCUT2D eigenvalue weighted by atomic mass is 16.3. The number of rotatable bonds is 3. The summed E-state index contributed by atoms with van der Waals surface area (Å²) in [6, 6.07) is 3.76. The van der Waals surface area contributed by atoms with E-state index in [1.54, 1.807) is 18.7 Å². The topological polar surface area (TPSA) is 70.8 Å². The number of aromatic nitrogens is 4. The first-order valence-corrected chi connectivity index (χ1v) is 7.07. The predicted molar refractivity (Wildman–Crippen MR) is 78.8 cm³/mol. The molecule has 1 aliphatic heterocycles. The van der Waals surface area contributed by atoms with Crippen LogP contribution in [0.25, 0.3) is 22.8 Å². The first-order valence-electron chi connectivity index (χ1n) is 7.07. The van der Waals surface area contributed by atoms with Gasteiger partial charge in [-0.1, -0.05) is 0 Å². The van der Waals surface area contributed by atoms with Gasteiger partial charge in [-0.15, -0.1) is 0 Å². The van der Waals surface area contributed by atoms with Crippen LogP contribution in [0.4, 0.5) is 5.95 Å². The molecule has 0 spiro atoms. The van der Waals surface area contributed by atoms with Crippen molar-refractivity contribution in [3.05, 3.63) is 37.0 Å². The zero-order valence-electron chi connectivity index (χ0n) is 11.5. The van der Waals surface area contributed by atoms with Crippen molar-refractivity contribution in [3.63, 3.8) is 0 Å². The first-order chi connectivity index (χ1) is 10.4. The van der Waals surface area contributed by atoms with Gasteiger partial charge in [-0.05, 0) is 25.0 Å². The highest BCUT2D eigenvalue weighted by Crippen LogP contribution is 2.30. The Morgan fingerprint density at radius 3 is 2.81 bits per heavy atom. The lowest BCUT2D eigenvalue weighted by Crippen LogP contribution is -2.20. The van der Waals surface area contributed by atoms with Gasteiger partial charge in [-0.25, -0.2) is 15.0 Å². The summed E-state index contributed by atoms with van der Waals surface area (Å²) < 4.78 is 5.49. The van der Waals surface area contributed by atoms with E-state index in [0.717, 1.165) is 41.9 Å². The Hall–Kier alpha value is -2.63. The van der Waals surface area contributed by atoms with Crippen molar-refractivity contribution in [1.82, 2.24) is 19.9 Å². The van der Waals surface area contributed by atoms with Gasteiger partial charge in [0.2, 0.25) is 5.95 Å². The average Bonchev–Trinajstić information content (AvgIpc) is 3.28. The Balaban J connectivity index is 1.84. The number of imidazole rings is 1. The molecule has 1 N–H and O–H groups in total. The van der Waals surface area contributed by atoms with Crippen molar-refractivity contribution in [3.8, 4) is 22.8 Å². The molecule has 0 bridgehead atoms. The van der Waals surface area contributed by atoms with E-state index in [1.165, 1.54) is 12.8 Å². The third-order valence-electron chi connectivity index (χ3n) is 3.67. The van der Waals surface area contributed by atoms with Crippen molar-refractivity contribution < 1.29 is 4.42 Å². The van der Waals surface area contributed by atoms with Gasteiger partial charge >= 0.3 is 0 Å². The Labute approximate surface area is 121 Å². The van der Waals surface area contributed by atoms with Crippen molar-refractivity contribution in [2.45, 2.75) is 12.8 Å². The van der Waals surface area contributed by atoms with Gasteiger partial charge in [0.05, 0.1) is 11.8 Å². The lowest BCUT2D eigenvalue weighted by Gasteiger charge is -2.16. The normalized spacial score (nSPS) is 14.8. The van der Waals surface area contributed by atoms with Crippen LogP contribution in [-0.4, -0.2) is 33.0 Å². The molecule has 1 aliphatic rings. The fraction of sp³-hybridized carbons (Fsp3) is 0.267. The molecule has 4 heterocycles. The SMILES string of the molecule is c1coc(-c2cnc(N3CCCC3)nc2-c2ncc[nH]2)c1. The van der Waals surface area contributed by atoms with E-state index in [0.29, 0.717) is 0 Å². The van der Waals surface area contributed by atoms with Gasteiger partial charge in [0, 0.05) is 31.7 Å². The maximum Gasteiger partial charge on any atom is 0.226 e. The van der Waals surface area contributed by atoms with Crippen LogP contribution in [0.3, 0.4) is 0 Å². The second-order valence-electron chi connectivity index (χ2n) is 5.04. The fourth-order valence-electron chi connectivity index (χ4n) is 2.63. The van der Waals surface area contributed by atoms with Crippen molar-refractivity contribution >= 4 is 5.95 Å². The van der Waals surface area contributed by atoms with E-state index in [-0.39, 0.29) is 0 Å². The predicted octanol–water partition coefficient (Wildman–Crippen LogP) is 2.73. The molecule has 0 atom stereocenters. The summed E-state index contributed by atoms with van der Waals surface area (Å²) in [4.78, 5) is 18.9. The molecule has 6 heteroatoms. The van der Waals surface area contributed by atoms with Crippen LogP contribution in [0.15, 0.2) is 41.4 Å². The average molecular weight is 281 g/mol. The molecule has 4 rings (SSSR count). The molecule has 0 unspecified atom stereocenters. The van der Waals surface area contributed by atoms with E-state index < -0.39 is 0 Å². The molecule has 1 fully saturated rings. The van der Waals surface area contributed by atoms with Crippen LogP contribution in [0.5, 0.6) is 0 Å². The van der Waals surface area contributed by atoms with Gasteiger partial charge < -0.3 is 14.3 Å². The Bertz CT molecular complexity index is 715. The van der Waals surface area contributed by atoms with Crippen molar-refractivity contribution in [1.29, 1.82) is 0 Å². The van der Waals surface area contributed by atoms with Crippen molar-refractivity contribution in [2.75, 3.05) is 18.0 Å². The maximum atomic E-state index is 5.49. The van der Waals surface area contributed by atoms with Gasteiger partial charge in [0.15, 0.2) is 5.82 Å². The number of H-pyrrole nitrogens is 1. The summed E-state index contributed by atoms with van der Waals surface area (Å²) in [5.41, 5.74) is 1.62. The lowest BCUT2D eigenvalue weighted by molar-refractivity contribution is 0.582. The van der Waals surface area contributed by atoms with Gasteiger partial charge in [-0.2, -0.15) is 0 Å². The van der Waals surface area contributed by atoms with E-state index >= 15 is 0 Å². The molecule has 1 saturated heterocycles. The molecule has 106 valence electrons. The summed E-state index contributed by atoms with van der Waals surface area (Å²) in [6.07, 6.45) is 9.36. The third kappa shape index (κ3) is 2.18. The lowest BCUT2D eigenvalue weighted by atomic mass is 10.1. The summed E-state index contributed by atoms with van der Waals surface area (Å²) >= 11 is 0. The molecule has 3 aromatic rings. The highest BCUT2D eigenvalue weighted by molar-refractivity contribution is 5.75. The van der Waals surface area contributed by atoms with Gasteiger partial charge in [0.1, 0.15) is 11.5 Å². The van der Waals surface area contributed by atoms with E-state index in [1.807, 2.05) is 18.3 Å². The number of hydrogen-bond donors (Lipinski definition) is 1. The zero-order valence-corrected chi connectivity index (χ0v) is 11.5. The number of hydrogen-bond acceptors (Lipinski definition) is 5. The van der Waals surface area contributed by atoms with Crippen LogP contribution in [0.2, 0.25) is 0 Å². The molecule has 0 amide bonds. The zero-order chi connectivity index (χ0) is 14.1. The summed E-state index contributed by atoms with van der Waals surface area (Å²) in [7, 11) is 0. The summed E-state index contributed by atoms with van der Waals surface area (Å²) in [5, 5.41) is 0. The van der Waals surface area contributed by atoms with Gasteiger partial charge in [0.25, 0.3) is 0 Å². The second-order valence-corrected chi connectivity index (χ2v) is 5.04. The number of anilines is 1. The monoisotopic (exact) mass is 281 g/mol. The van der Waals surface area contributed by atoms with E-state index in [9.17, 15) is 0 Å². The molecule has 0 aromatic carbocycles. The molecule has 6 nitrogen and oxygen atoms in total. The highest BCUT2D eigenvalue weighted by Gasteiger charge is 2.20. The summed E-state index contributed by atoms with van der Waals surface area (Å²) in [5.74, 6) is 2.23. The Kier molecular flexibility index (Phi) is 2.92. The molecule has 0 saturated carbocycles. The minimum absolute atomic E-state index is 0.726. The van der Waals surface area contributed by atoms with Crippen LogP contribution in [0, 0.1) is 0 Å². The molecule has 21 heavy (non-hydrogen) atoms. The van der Waals surface area contributed by atoms with Gasteiger partial charge in [-0.3, -0.25) is 0 Å². The maximum absolute atomic E-state index is 5.49. The van der Waals surface area contributed by atoms with Crippen LogP contribution >= 0.6 is 0 Å². The number of furan rings is 1. The van der Waals surface area contributed by atoms with Crippen LogP contribution < -0.4 is 4.90 Å². The molecular formula is C15H15N5O. The summed E-state index contributed by atoms with van der Waals surface area (Å²) in [6.45, 7) is 2.02. The second kappa shape index (κ2) is 5.05. The van der Waals surface area contributed by atoms with Crippen LogP contribution in [-0.2, 0) is 0 Å². The standard InChI is InChI=1S/C15H15N5O/c1-2-8-20(7-1)15-18-10-11(12-4-3-9-21-12)13(19-15)14-16-5-6-17-14/h3-6,9-10H,1-2,7-8H2,(H,16,17). The number of nitrogens with zero attached hydrogens (tertiary/aromatic N) is 4. The number of nitrogens with one attached hydrogen (secondary N) is 1. The van der Waals surface area contributed by atoms with Crippen LogP contribution in [0.1, 0.15) is 12.8 Å². The van der Waals surface area contributed by atoms with E-state index in [2.05, 4.69) is 19.9 Å². The van der Waals surface area contributed by atoms with Crippen molar-refractivity contribution in [2.24, 2.45) is 0 Å². The molecule has 0 aliphatic carbocycles. The largest absolute Gasteiger partial charge is 0.464 e. The Morgan fingerprint density at radius 1 is 1.19 bits per heavy atom. The minimum Gasteiger partial charge on any atom is -0.464 e. The first kappa shape index (κ1) is 12.1. The Morgan fingerprint density at radius 2 is 2.10 bits per heavy atom. The number of aromatic amines is 1. The minimum atomic E-state index is 0.726. The smallest absolute Gasteiger partial charge is 0.226 e. The quantitative estimate of drug-likeness (QED) is 0.799. The van der Waals surface area contributed by atoms with E-state index in [4.69, 9.17) is 9.40 Å². The molecular weight excluding hydrogens is 266 g/mol. The molecule has 3 aromatic heterocycles.